The quantitative estimate of drug-likeness (QED) is 0.531. The maximum atomic E-state index is 4.01. The monoisotopic (exact) mass is 261 g/mol. The van der Waals surface area contributed by atoms with Gasteiger partial charge in [-0.2, -0.15) is 11.8 Å². The molecule has 1 aromatic heterocycles. The summed E-state index contributed by atoms with van der Waals surface area (Å²) in [6.45, 7) is 4.98. The fourth-order valence-electron chi connectivity index (χ4n) is 1.14. The number of aromatic nitrogens is 4. The van der Waals surface area contributed by atoms with E-state index < -0.39 is 0 Å². The average Bonchev–Trinajstić information content (AvgIpc) is 2.73. The molecule has 0 unspecified atom stereocenters. The summed E-state index contributed by atoms with van der Waals surface area (Å²) in [5.41, 5.74) is 0. The van der Waals surface area contributed by atoms with Gasteiger partial charge in [-0.3, -0.25) is 0 Å². The normalized spacial score (nSPS) is 10.9. The maximum Gasteiger partial charge on any atom is 0.209 e. The molecule has 0 aromatic carbocycles. The van der Waals surface area contributed by atoms with Gasteiger partial charge in [-0.1, -0.05) is 18.7 Å². The Labute approximate surface area is 105 Å². The fourth-order valence-corrected chi connectivity index (χ4v) is 2.70. The minimum atomic E-state index is 0.842. The van der Waals surface area contributed by atoms with Crippen LogP contribution in [0.1, 0.15) is 13.3 Å². The van der Waals surface area contributed by atoms with Gasteiger partial charge in [-0.05, 0) is 29.6 Å². The average molecular weight is 261 g/mol. The predicted octanol–water partition coefficient (Wildman–Crippen LogP) is 1.13. The largest absolute Gasteiger partial charge is 0.315 e. The molecule has 0 aliphatic heterocycles. The van der Waals surface area contributed by atoms with E-state index in [4.69, 9.17) is 0 Å². The SMILES string of the molecule is CCCNCCn1nnnc1SCCSC. The minimum absolute atomic E-state index is 0.842. The van der Waals surface area contributed by atoms with E-state index in [1.165, 1.54) is 0 Å². The molecule has 0 bridgehead atoms. The molecule has 0 aliphatic rings. The lowest BCUT2D eigenvalue weighted by Gasteiger charge is -2.04. The summed E-state index contributed by atoms with van der Waals surface area (Å²) in [5, 5.41) is 16.0. The molecular formula is C9H19N5S2. The van der Waals surface area contributed by atoms with Gasteiger partial charge in [0, 0.05) is 18.1 Å². The van der Waals surface area contributed by atoms with Crippen molar-refractivity contribution in [3.05, 3.63) is 0 Å². The van der Waals surface area contributed by atoms with Crippen molar-refractivity contribution in [2.75, 3.05) is 30.9 Å². The molecule has 7 heteroatoms. The van der Waals surface area contributed by atoms with Crippen LogP contribution in [0, 0.1) is 0 Å². The van der Waals surface area contributed by atoms with Gasteiger partial charge in [0.2, 0.25) is 5.16 Å². The van der Waals surface area contributed by atoms with Crippen molar-refractivity contribution in [2.45, 2.75) is 25.0 Å². The second-order valence-corrected chi connectivity index (χ2v) is 5.32. The van der Waals surface area contributed by atoms with Crippen molar-refractivity contribution in [3.63, 3.8) is 0 Å². The Morgan fingerprint density at radius 2 is 2.19 bits per heavy atom. The Kier molecular flexibility index (Phi) is 7.62. The lowest BCUT2D eigenvalue weighted by molar-refractivity contribution is 0.510. The Morgan fingerprint density at radius 3 is 2.94 bits per heavy atom. The van der Waals surface area contributed by atoms with Crippen LogP contribution in [0.5, 0.6) is 0 Å². The molecule has 0 aliphatic carbocycles. The lowest BCUT2D eigenvalue weighted by Crippen LogP contribution is -2.21. The molecule has 0 radical (unpaired) electrons. The highest BCUT2D eigenvalue weighted by atomic mass is 32.2. The van der Waals surface area contributed by atoms with Crippen LogP contribution in [-0.4, -0.2) is 51.1 Å². The highest BCUT2D eigenvalue weighted by Gasteiger charge is 2.05. The van der Waals surface area contributed by atoms with Crippen LogP contribution >= 0.6 is 23.5 Å². The van der Waals surface area contributed by atoms with E-state index in [-0.39, 0.29) is 0 Å². The van der Waals surface area contributed by atoms with Gasteiger partial charge in [0.25, 0.3) is 0 Å². The molecule has 92 valence electrons. The zero-order valence-electron chi connectivity index (χ0n) is 9.85. The summed E-state index contributed by atoms with van der Waals surface area (Å²) in [4.78, 5) is 0. The van der Waals surface area contributed by atoms with Gasteiger partial charge < -0.3 is 5.32 Å². The molecule has 0 atom stereocenters. The van der Waals surface area contributed by atoms with E-state index >= 15 is 0 Å². The maximum absolute atomic E-state index is 4.01. The molecular weight excluding hydrogens is 242 g/mol. The predicted molar refractivity (Wildman–Crippen MR) is 70.1 cm³/mol. The van der Waals surface area contributed by atoms with Crippen LogP contribution < -0.4 is 5.32 Å². The Morgan fingerprint density at radius 1 is 1.31 bits per heavy atom. The van der Waals surface area contributed by atoms with Crippen molar-refractivity contribution in [1.82, 2.24) is 25.5 Å². The molecule has 1 N–H and O–H groups in total. The summed E-state index contributed by atoms with van der Waals surface area (Å²) >= 11 is 3.56. The van der Waals surface area contributed by atoms with Crippen molar-refractivity contribution in [3.8, 4) is 0 Å². The molecule has 0 saturated heterocycles. The van der Waals surface area contributed by atoms with Crippen LogP contribution in [-0.2, 0) is 6.54 Å². The van der Waals surface area contributed by atoms with Crippen LogP contribution in [0.15, 0.2) is 5.16 Å². The van der Waals surface area contributed by atoms with Crippen molar-refractivity contribution >= 4 is 23.5 Å². The molecule has 1 heterocycles. The number of tetrazole rings is 1. The molecule has 16 heavy (non-hydrogen) atoms. The molecule has 5 nitrogen and oxygen atoms in total. The summed E-state index contributed by atoms with van der Waals surface area (Å²) in [5.74, 6) is 2.19. The Hall–Kier alpha value is -0.270. The zero-order chi connectivity index (χ0) is 11.6. The van der Waals surface area contributed by atoms with Crippen molar-refractivity contribution < 1.29 is 0 Å². The fraction of sp³-hybridized carbons (Fsp3) is 0.889. The first-order chi connectivity index (χ1) is 7.88. The third kappa shape index (κ3) is 5.18. The number of nitrogens with one attached hydrogen (secondary N) is 1. The number of hydrogen-bond donors (Lipinski definition) is 1. The Bertz CT molecular complexity index is 279. The van der Waals surface area contributed by atoms with E-state index in [0.29, 0.717) is 0 Å². The topological polar surface area (TPSA) is 55.6 Å². The first kappa shape index (κ1) is 13.8. The highest BCUT2D eigenvalue weighted by molar-refractivity contribution is 8.02. The first-order valence-corrected chi connectivity index (χ1v) is 7.85. The van der Waals surface area contributed by atoms with Crippen LogP contribution in [0.4, 0.5) is 0 Å². The molecule has 1 rings (SSSR count). The number of nitrogens with zero attached hydrogens (tertiary/aromatic N) is 4. The van der Waals surface area contributed by atoms with Gasteiger partial charge >= 0.3 is 0 Å². The van der Waals surface area contributed by atoms with E-state index in [1.54, 1.807) is 11.8 Å². The van der Waals surface area contributed by atoms with Crippen molar-refractivity contribution in [2.24, 2.45) is 0 Å². The third-order valence-corrected chi connectivity index (χ3v) is 3.77. The summed E-state index contributed by atoms with van der Waals surface area (Å²) in [6, 6.07) is 0. The van der Waals surface area contributed by atoms with Gasteiger partial charge in [-0.25, -0.2) is 4.68 Å². The second-order valence-electron chi connectivity index (χ2n) is 3.28. The van der Waals surface area contributed by atoms with E-state index in [1.807, 2.05) is 16.4 Å². The summed E-state index contributed by atoms with van der Waals surface area (Å²) < 4.78 is 1.87. The van der Waals surface area contributed by atoms with Crippen molar-refractivity contribution in [1.29, 1.82) is 0 Å². The van der Waals surface area contributed by atoms with Crippen LogP contribution in [0.2, 0.25) is 0 Å². The van der Waals surface area contributed by atoms with Gasteiger partial charge in [0.15, 0.2) is 0 Å². The molecule has 0 spiro atoms. The van der Waals surface area contributed by atoms with E-state index in [2.05, 4.69) is 34.0 Å². The highest BCUT2D eigenvalue weighted by Crippen LogP contribution is 2.14. The number of rotatable bonds is 9. The lowest BCUT2D eigenvalue weighted by atomic mass is 10.5. The zero-order valence-corrected chi connectivity index (χ0v) is 11.5. The summed E-state index contributed by atoms with van der Waals surface area (Å²) in [6.07, 6.45) is 3.27. The molecule has 0 fully saturated rings. The Balaban J connectivity index is 2.26. The number of hydrogen-bond acceptors (Lipinski definition) is 6. The number of thioether (sulfide) groups is 2. The minimum Gasteiger partial charge on any atom is -0.315 e. The first-order valence-electron chi connectivity index (χ1n) is 5.47. The van der Waals surface area contributed by atoms with E-state index in [9.17, 15) is 0 Å². The third-order valence-electron chi connectivity index (χ3n) is 1.94. The standard InChI is InChI=1S/C9H19N5S2/c1-3-4-10-5-6-14-9(11-12-13-14)16-8-7-15-2/h10H,3-8H2,1-2H3. The van der Waals surface area contributed by atoms with Gasteiger partial charge in [0.05, 0.1) is 6.54 Å². The molecule has 0 saturated carbocycles. The van der Waals surface area contributed by atoms with E-state index in [0.717, 1.165) is 42.7 Å². The summed E-state index contributed by atoms with van der Waals surface area (Å²) in [7, 11) is 0. The molecule has 0 amide bonds. The van der Waals surface area contributed by atoms with Gasteiger partial charge in [0.1, 0.15) is 0 Å². The smallest absolute Gasteiger partial charge is 0.209 e. The van der Waals surface area contributed by atoms with Crippen LogP contribution in [0.3, 0.4) is 0 Å². The molecule has 1 aromatic rings. The van der Waals surface area contributed by atoms with Crippen LogP contribution in [0.25, 0.3) is 0 Å². The second kappa shape index (κ2) is 8.83. The van der Waals surface area contributed by atoms with Gasteiger partial charge in [-0.15, -0.1) is 5.10 Å².